The highest BCUT2D eigenvalue weighted by molar-refractivity contribution is 7.99. The first-order chi connectivity index (χ1) is 13.0. The molecule has 27 heavy (non-hydrogen) atoms. The van der Waals surface area contributed by atoms with Gasteiger partial charge in [0.15, 0.2) is 5.76 Å². The Morgan fingerprint density at radius 2 is 1.30 bits per heavy atom. The van der Waals surface area contributed by atoms with Gasteiger partial charge >= 0.3 is 5.63 Å². The molecule has 4 rings (SSSR count). The second-order valence-corrected chi connectivity index (χ2v) is 7.96. The van der Waals surface area contributed by atoms with Crippen LogP contribution < -0.4 is 5.63 Å². The largest absolute Gasteiger partial charge is 0.421 e. The van der Waals surface area contributed by atoms with Gasteiger partial charge in [-0.15, -0.1) is 0 Å². The smallest absolute Gasteiger partial charge is 0.344 e. The molecular formula is C24H20O2S. The van der Waals surface area contributed by atoms with Gasteiger partial charge in [-0.1, -0.05) is 77.0 Å². The summed E-state index contributed by atoms with van der Waals surface area (Å²) in [6.07, 6.45) is 0. The third-order valence-electron chi connectivity index (χ3n) is 4.60. The van der Waals surface area contributed by atoms with E-state index in [-0.39, 0.29) is 5.63 Å². The molecule has 1 aromatic heterocycles. The highest BCUT2D eigenvalue weighted by Crippen LogP contribution is 2.40. The molecule has 2 nitrogen and oxygen atoms in total. The topological polar surface area (TPSA) is 30.2 Å². The summed E-state index contributed by atoms with van der Waals surface area (Å²) in [4.78, 5) is 14.8. The van der Waals surface area contributed by atoms with E-state index in [0.717, 1.165) is 26.3 Å². The van der Waals surface area contributed by atoms with Crippen molar-refractivity contribution in [3.63, 3.8) is 0 Å². The quantitative estimate of drug-likeness (QED) is 0.409. The van der Waals surface area contributed by atoms with E-state index in [1.54, 1.807) is 11.8 Å². The molecule has 1 heterocycles. The molecule has 0 N–H and O–H groups in total. The number of hydrogen-bond donors (Lipinski definition) is 0. The lowest BCUT2D eigenvalue weighted by atomic mass is 10.1. The van der Waals surface area contributed by atoms with Crippen LogP contribution in [0.1, 0.15) is 16.7 Å². The maximum absolute atomic E-state index is 12.7. The zero-order valence-corrected chi connectivity index (χ0v) is 16.4. The molecule has 0 fully saturated rings. The molecule has 0 aliphatic carbocycles. The van der Waals surface area contributed by atoms with E-state index in [0.29, 0.717) is 11.1 Å². The molecule has 0 unspecified atom stereocenters. The first kappa shape index (κ1) is 17.6. The van der Waals surface area contributed by atoms with E-state index in [1.807, 2.05) is 56.3 Å². The molecule has 134 valence electrons. The predicted octanol–water partition coefficient (Wildman–Crippen LogP) is 6.54. The summed E-state index contributed by atoms with van der Waals surface area (Å²) < 4.78 is 5.82. The van der Waals surface area contributed by atoms with Crippen molar-refractivity contribution in [3.05, 3.63) is 93.8 Å². The average molecular weight is 372 g/mol. The van der Waals surface area contributed by atoms with E-state index < -0.39 is 0 Å². The third kappa shape index (κ3) is 3.56. The number of hydrogen-bond acceptors (Lipinski definition) is 3. The van der Waals surface area contributed by atoms with Crippen molar-refractivity contribution in [2.75, 3.05) is 0 Å². The van der Waals surface area contributed by atoms with Crippen molar-refractivity contribution in [3.8, 4) is 11.3 Å². The predicted molar refractivity (Wildman–Crippen MR) is 113 cm³/mol. The minimum absolute atomic E-state index is 0.294. The van der Waals surface area contributed by atoms with Gasteiger partial charge in [-0.25, -0.2) is 4.79 Å². The normalized spacial score (nSPS) is 11.1. The van der Waals surface area contributed by atoms with Crippen LogP contribution in [0.2, 0.25) is 0 Å². The molecule has 0 bridgehead atoms. The van der Waals surface area contributed by atoms with E-state index in [2.05, 4.69) is 31.2 Å². The van der Waals surface area contributed by atoms with Crippen molar-refractivity contribution in [2.45, 2.75) is 30.6 Å². The van der Waals surface area contributed by atoms with Crippen molar-refractivity contribution in [2.24, 2.45) is 0 Å². The second-order valence-electron chi connectivity index (χ2n) is 6.88. The lowest BCUT2D eigenvalue weighted by Crippen LogP contribution is -2.03. The molecule has 0 radical (unpaired) electrons. The van der Waals surface area contributed by atoms with Crippen LogP contribution in [0.25, 0.3) is 22.1 Å². The van der Waals surface area contributed by atoms with Crippen LogP contribution in [0.15, 0.2) is 85.7 Å². The highest BCUT2D eigenvalue weighted by Gasteiger charge is 2.17. The first-order valence-corrected chi connectivity index (χ1v) is 9.72. The first-order valence-electron chi connectivity index (χ1n) is 8.90. The van der Waals surface area contributed by atoms with Gasteiger partial charge < -0.3 is 4.42 Å². The Kier molecular flexibility index (Phi) is 4.63. The van der Waals surface area contributed by atoms with Gasteiger partial charge in [-0.3, -0.25) is 0 Å². The molecule has 0 saturated heterocycles. The van der Waals surface area contributed by atoms with Crippen LogP contribution in [0.5, 0.6) is 0 Å². The summed E-state index contributed by atoms with van der Waals surface area (Å²) in [7, 11) is 0. The van der Waals surface area contributed by atoms with E-state index in [9.17, 15) is 4.79 Å². The van der Waals surface area contributed by atoms with E-state index >= 15 is 0 Å². The molecule has 0 saturated carbocycles. The lowest BCUT2D eigenvalue weighted by molar-refractivity contribution is 0.525. The van der Waals surface area contributed by atoms with Crippen molar-refractivity contribution < 1.29 is 4.42 Å². The molecule has 3 aromatic carbocycles. The Hall–Kier alpha value is -2.78. The van der Waals surface area contributed by atoms with E-state index in [4.69, 9.17) is 4.42 Å². The number of aryl methyl sites for hydroxylation is 3. The van der Waals surface area contributed by atoms with Gasteiger partial charge in [0.25, 0.3) is 0 Å². The second kappa shape index (κ2) is 7.09. The van der Waals surface area contributed by atoms with Crippen LogP contribution in [-0.4, -0.2) is 0 Å². The fraction of sp³-hybridized carbons (Fsp3) is 0.125. The molecule has 0 aliphatic rings. The van der Waals surface area contributed by atoms with Crippen LogP contribution >= 0.6 is 11.8 Å². The Labute approximate surface area is 162 Å². The SMILES string of the molecule is Cc1ccc(Sc2c(-c3ccc(C)cc3)oc(=O)c3cc(C)ccc23)cc1. The summed E-state index contributed by atoms with van der Waals surface area (Å²) in [6, 6.07) is 22.4. The molecular weight excluding hydrogens is 352 g/mol. The third-order valence-corrected chi connectivity index (χ3v) is 5.71. The fourth-order valence-corrected chi connectivity index (χ4v) is 4.11. The van der Waals surface area contributed by atoms with Gasteiger partial charge in [-0.2, -0.15) is 0 Å². The van der Waals surface area contributed by atoms with Crippen LogP contribution in [0, 0.1) is 20.8 Å². The number of benzene rings is 3. The van der Waals surface area contributed by atoms with Gasteiger partial charge in [0.05, 0.1) is 10.3 Å². The summed E-state index contributed by atoms with van der Waals surface area (Å²) in [6.45, 7) is 6.11. The van der Waals surface area contributed by atoms with Gasteiger partial charge in [-0.05, 0) is 39.0 Å². The summed E-state index contributed by atoms with van der Waals surface area (Å²) in [5, 5.41) is 1.55. The van der Waals surface area contributed by atoms with E-state index in [1.165, 1.54) is 11.1 Å². The van der Waals surface area contributed by atoms with Crippen LogP contribution in [0.4, 0.5) is 0 Å². The maximum atomic E-state index is 12.7. The Balaban J connectivity index is 1.98. The number of fused-ring (bicyclic) bond motifs is 1. The lowest BCUT2D eigenvalue weighted by Gasteiger charge is -2.12. The molecule has 4 aromatic rings. The Morgan fingerprint density at radius 3 is 1.96 bits per heavy atom. The van der Waals surface area contributed by atoms with Crippen LogP contribution in [0.3, 0.4) is 0 Å². The van der Waals surface area contributed by atoms with Crippen molar-refractivity contribution >= 4 is 22.5 Å². The van der Waals surface area contributed by atoms with Crippen molar-refractivity contribution in [1.29, 1.82) is 0 Å². The van der Waals surface area contributed by atoms with Crippen molar-refractivity contribution in [1.82, 2.24) is 0 Å². The Bertz CT molecular complexity index is 1170. The monoisotopic (exact) mass is 372 g/mol. The standard InChI is InChI=1S/C24H20O2S/c1-15-4-9-18(10-5-15)22-23(27-19-11-6-16(2)7-12-19)20-13-8-17(3)14-21(20)24(25)26-22/h4-14H,1-3H3. The zero-order valence-electron chi connectivity index (χ0n) is 15.6. The van der Waals surface area contributed by atoms with Gasteiger partial charge in [0, 0.05) is 15.8 Å². The minimum atomic E-state index is -0.294. The summed E-state index contributed by atoms with van der Waals surface area (Å²) in [5.74, 6) is 0.627. The fourth-order valence-electron chi connectivity index (χ4n) is 3.06. The molecule has 3 heteroatoms. The van der Waals surface area contributed by atoms with Gasteiger partial charge in [0.1, 0.15) is 0 Å². The maximum Gasteiger partial charge on any atom is 0.344 e. The van der Waals surface area contributed by atoms with Gasteiger partial charge in [0.2, 0.25) is 0 Å². The summed E-state index contributed by atoms with van der Waals surface area (Å²) >= 11 is 1.63. The zero-order chi connectivity index (χ0) is 19.0. The average Bonchev–Trinajstić information content (AvgIpc) is 2.66. The molecule has 0 aliphatic heterocycles. The molecule has 0 spiro atoms. The highest BCUT2D eigenvalue weighted by atomic mass is 32.2. The Morgan fingerprint density at radius 1 is 0.704 bits per heavy atom. The summed E-state index contributed by atoms with van der Waals surface area (Å²) in [5.41, 5.74) is 4.06. The van der Waals surface area contributed by atoms with Crippen LogP contribution in [-0.2, 0) is 0 Å². The minimum Gasteiger partial charge on any atom is -0.421 e. The number of rotatable bonds is 3. The molecule has 0 atom stereocenters. The molecule has 0 amide bonds.